The van der Waals surface area contributed by atoms with Crippen LogP contribution in [0.25, 0.3) is 0 Å². The fourth-order valence-electron chi connectivity index (χ4n) is 3.69. The highest BCUT2D eigenvalue weighted by atomic mass is 35.5. The minimum Gasteiger partial charge on any atom is -0.460 e. The van der Waals surface area contributed by atoms with E-state index in [1.54, 1.807) is 24.3 Å². The number of nitrogens with zero attached hydrogens (tertiary/aromatic N) is 1. The van der Waals surface area contributed by atoms with Gasteiger partial charge in [-0.25, -0.2) is 13.2 Å². The summed E-state index contributed by atoms with van der Waals surface area (Å²) in [5.74, 6) is 0.230. The molecule has 0 bridgehead atoms. The van der Waals surface area contributed by atoms with Crippen LogP contribution in [0.15, 0.2) is 77.7 Å². The zero-order valence-corrected chi connectivity index (χ0v) is 20.9. The van der Waals surface area contributed by atoms with Crippen molar-refractivity contribution in [3.8, 4) is 11.5 Å². The lowest BCUT2D eigenvalue weighted by Gasteiger charge is -2.17. The molecule has 8 nitrogen and oxygen atoms in total. The molecule has 0 aliphatic carbocycles. The van der Waals surface area contributed by atoms with E-state index in [1.165, 1.54) is 22.5 Å². The first kappa shape index (κ1) is 25.7. The molecule has 36 heavy (non-hydrogen) atoms. The summed E-state index contributed by atoms with van der Waals surface area (Å²) in [6.45, 7) is 0.864. The molecule has 1 saturated heterocycles. The van der Waals surface area contributed by atoms with Crippen LogP contribution in [0.5, 0.6) is 11.5 Å². The second-order valence-corrected chi connectivity index (χ2v) is 10.4. The van der Waals surface area contributed by atoms with E-state index >= 15 is 0 Å². The quantitative estimate of drug-likeness (QED) is 0.324. The first-order valence-electron chi connectivity index (χ1n) is 11.4. The van der Waals surface area contributed by atoms with Gasteiger partial charge < -0.3 is 14.8 Å². The number of benzene rings is 3. The van der Waals surface area contributed by atoms with E-state index in [-0.39, 0.29) is 28.6 Å². The summed E-state index contributed by atoms with van der Waals surface area (Å²) in [7, 11) is -3.77. The van der Waals surface area contributed by atoms with E-state index in [4.69, 9.17) is 21.1 Å². The van der Waals surface area contributed by atoms with Gasteiger partial charge in [-0.3, -0.25) is 4.79 Å². The van der Waals surface area contributed by atoms with Crippen molar-refractivity contribution < 1.29 is 27.5 Å². The van der Waals surface area contributed by atoms with Crippen LogP contribution >= 0.6 is 11.6 Å². The van der Waals surface area contributed by atoms with Gasteiger partial charge in [-0.1, -0.05) is 29.8 Å². The number of hydrogen-bond donors (Lipinski definition) is 1. The normalized spacial score (nSPS) is 13.8. The molecule has 1 aliphatic heterocycles. The highest BCUT2D eigenvalue weighted by molar-refractivity contribution is 7.89. The van der Waals surface area contributed by atoms with Crippen molar-refractivity contribution in [3.05, 3.63) is 88.9 Å². The minimum absolute atomic E-state index is 0.0522. The lowest BCUT2D eigenvalue weighted by Crippen LogP contribution is -2.30. The Hall–Kier alpha value is -3.40. The molecule has 0 spiro atoms. The van der Waals surface area contributed by atoms with Crippen molar-refractivity contribution in [2.45, 2.75) is 17.7 Å². The van der Waals surface area contributed by atoms with Gasteiger partial charge in [0, 0.05) is 18.7 Å². The summed E-state index contributed by atoms with van der Waals surface area (Å²) in [6.07, 6.45) is 1.59. The van der Waals surface area contributed by atoms with Crippen molar-refractivity contribution in [1.82, 2.24) is 9.62 Å². The Morgan fingerprint density at radius 1 is 0.889 bits per heavy atom. The second-order valence-electron chi connectivity index (χ2n) is 8.09. The SMILES string of the molecule is O=C(NCCOC(=O)c1ccc(Oc2ccccc2)cc1)c1ccc(Cl)c(S(=O)(=O)N2CCCC2)c1. The van der Waals surface area contributed by atoms with Crippen LogP contribution < -0.4 is 10.1 Å². The smallest absolute Gasteiger partial charge is 0.338 e. The number of para-hydroxylation sites is 1. The molecule has 1 aliphatic rings. The number of sulfonamides is 1. The Kier molecular flexibility index (Phi) is 8.25. The number of nitrogens with one attached hydrogen (secondary N) is 1. The Bertz CT molecular complexity index is 1320. The van der Waals surface area contributed by atoms with Crippen LogP contribution in [0, 0.1) is 0 Å². The standard InChI is InChI=1S/C26H25ClN2O6S/c27-23-13-10-20(18-24(23)36(32,33)29-15-4-5-16-29)25(30)28-14-17-34-26(31)19-8-11-22(12-9-19)35-21-6-2-1-3-7-21/h1-3,6-13,18H,4-5,14-17H2,(H,28,30). The molecule has 1 N–H and O–H groups in total. The highest BCUT2D eigenvalue weighted by Crippen LogP contribution is 2.28. The molecule has 1 amide bonds. The molecular weight excluding hydrogens is 504 g/mol. The van der Waals surface area contributed by atoms with Gasteiger partial charge in [0.25, 0.3) is 5.91 Å². The average molecular weight is 529 g/mol. The minimum atomic E-state index is -3.77. The molecule has 188 valence electrons. The summed E-state index contributed by atoms with van der Waals surface area (Å²) in [6, 6.07) is 19.9. The molecule has 0 radical (unpaired) electrons. The molecule has 0 atom stereocenters. The molecule has 0 aromatic heterocycles. The number of carbonyl (C=O) groups excluding carboxylic acids is 2. The van der Waals surface area contributed by atoms with Crippen LogP contribution in [-0.4, -0.2) is 50.8 Å². The van der Waals surface area contributed by atoms with Crippen LogP contribution in [0.1, 0.15) is 33.6 Å². The third-order valence-corrected chi connectivity index (χ3v) is 7.95. The lowest BCUT2D eigenvalue weighted by atomic mass is 10.2. The Balaban J connectivity index is 1.28. The fourth-order valence-corrected chi connectivity index (χ4v) is 5.70. The molecule has 1 fully saturated rings. The topological polar surface area (TPSA) is 102 Å². The third kappa shape index (κ3) is 6.23. The second kappa shape index (κ2) is 11.6. The number of hydrogen-bond acceptors (Lipinski definition) is 6. The maximum atomic E-state index is 12.9. The number of amides is 1. The van der Waals surface area contributed by atoms with Gasteiger partial charge in [0.1, 0.15) is 23.0 Å². The molecule has 0 unspecified atom stereocenters. The first-order valence-corrected chi connectivity index (χ1v) is 13.2. The zero-order chi connectivity index (χ0) is 25.5. The third-order valence-electron chi connectivity index (χ3n) is 5.57. The van der Waals surface area contributed by atoms with Crippen LogP contribution in [-0.2, 0) is 14.8 Å². The zero-order valence-electron chi connectivity index (χ0n) is 19.4. The van der Waals surface area contributed by atoms with Crippen LogP contribution in [0.3, 0.4) is 0 Å². The monoisotopic (exact) mass is 528 g/mol. The van der Waals surface area contributed by atoms with Gasteiger partial charge in [0.15, 0.2) is 0 Å². The van der Waals surface area contributed by atoms with Gasteiger partial charge in [0.05, 0.1) is 17.1 Å². The predicted molar refractivity (Wildman–Crippen MR) is 135 cm³/mol. The summed E-state index contributed by atoms with van der Waals surface area (Å²) in [4.78, 5) is 24.7. The van der Waals surface area contributed by atoms with Crippen molar-refractivity contribution in [3.63, 3.8) is 0 Å². The van der Waals surface area contributed by atoms with Gasteiger partial charge in [-0.15, -0.1) is 0 Å². The summed E-state index contributed by atoms with van der Waals surface area (Å²) >= 11 is 6.13. The first-order chi connectivity index (χ1) is 17.3. The number of halogens is 1. The van der Waals surface area contributed by atoms with Crippen molar-refractivity contribution in [2.75, 3.05) is 26.2 Å². The van der Waals surface area contributed by atoms with Gasteiger partial charge in [0.2, 0.25) is 10.0 Å². The largest absolute Gasteiger partial charge is 0.460 e. The van der Waals surface area contributed by atoms with Crippen LogP contribution in [0.4, 0.5) is 0 Å². The Morgan fingerprint density at radius 2 is 1.53 bits per heavy atom. The van der Waals surface area contributed by atoms with E-state index in [0.717, 1.165) is 12.8 Å². The maximum absolute atomic E-state index is 12.9. The number of rotatable bonds is 9. The molecular formula is C26H25ClN2O6S. The maximum Gasteiger partial charge on any atom is 0.338 e. The molecule has 10 heteroatoms. The Morgan fingerprint density at radius 3 is 2.22 bits per heavy atom. The molecule has 3 aromatic carbocycles. The lowest BCUT2D eigenvalue weighted by molar-refractivity contribution is 0.0503. The van der Waals surface area contributed by atoms with Crippen molar-refractivity contribution in [2.24, 2.45) is 0 Å². The number of ether oxygens (including phenoxy) is 2. The van der Waals surface area contributed by atoms with E-state index < -0.39 is 21.9 Å². The molecule has 3 aromatic rings. The molecule has 4 rings (SSSR count). The molecule has 0 saturated carbocycles. The Labute approximate surface area is 214 Å². The van der Waals surface area contributed by atoms with E-state index in [1.807, 2.05) is 30.3 Å². The summed E-state index contributed by atoms with van der Waals surface area (Å²) in [5, 5.41) is 2.68. The van der Waals surface area contributed by atoms with E-state index in [9.17, 15) is 18.0 Å². The van der Waals surface area contributed by atoms with Gasteiger partial charge in [-0.05, 0) is 67.4 Å². The van der Waals surface area contributed by atoms with Crippen molar-refractivity contribution in [1.29, 1.82) is 0 Å². The number of carbonyl (C=O) groups is 2. The highest BCUT2D eigenvalue weighted by Gasteiger charge is 2.29. The van der Waals surface area contributed by atoms with E-state index in [2.05, 4.69) is 5.32 Å². The summed E-state index contributed by atoms with van der Waals surface area (Å²) in [5.41, 5.74) is 0.494. The van der Waals surface area contributed by atoms with Crippen LogP contribution in [0.2, 0.25) is 5.02 Å². The molecule has 1 heterocycles. The summed E-state index contributed by atoms with van der Waals surface area (Å²) < 4.78 is 38.0. The predicted octanol–water partition coefficient (Wildman–Crippen LogP) is 4.50. The van der Waals surface area contributed by atoms with E-state index in [0.29, 0.717) is 30.2 Å². The van der Waals surface area contributed by atoms with Crippen molar-refractivity contribution >= 4 is 33.5 Å². The number of esters is 1. The average Bonchev–Trinajstić information content (AvgIpc) is 3.44. The van der Waals surface area contributed by atoms with Gasteiger partial charge >= 0.3 is 5.97 Å². The fraction of sp³-hybridized carbons (Fsp3) is 0.231. The van der Waals surface area contributed by atoms with Gasteiger partial charge in [-0.2, -0.15) is 4.31 Å².